The van der Waals surface area contributed by atoms with Crippen LogP contribution in [0, 0.1) is 5.92 Å². The number of carboxylic acids is 1. The van der Waals surface area contributed by atoms with Crippen LogP contribution < -0.4 is 10.6 Å². The summed E-state index contributed by atoms with van der Waals surface area (Å²) in [5.41, 5.74) is -1.17. The minimum Gasteiger partial charge on any atom is -0.480 e. The quantitative estimate of drug-likeness (QED) is 0.623. The third-order valence-corrected chi connectivity index (χ3v) is 3.86. The Morgan fingerprint density at radius 2 is 1.89 bits per heavy atom. The third-order valence-electron chi connectivity index (χ3n) is 3.86. The zero-order valence-electron chi connectivity index (χ0n) is 11.9. The fraction of sp³-hybridized carbons (Fsp3) is 0.846. The topological polar surface area (TPSA) is 87.7 Å². The Kier molecular flexibility index (Phi) is 5.75. The van der Waals surface area contributed by atoms with Crippen molar-refractivity contribution in [3.05, 3.63) is 0 Å². The van der Waals surface area contributed by atoms with E-state index in [0.29, 0.717) is 26.1 Å². The summed E-state index contributed by atoms with van der Waals surface area (Å²) in [7, 11) is 0. The average Bonchev–Trinajstić information content (AvgIpc) is 2.84. The lowest BCUT2D eigenvalue weighted by Crippen LogP contribution is -2.57. The molecule has 0 spiro atoms. The summed E-state index contributed by atoms with van der Waals surface area (Å²) in [4.78, 5) is 23.7. The van der Waals surface area contributed by atoms with E-state index in [0.717, 1.165) is 6.54 Å². The molecule has 19 heavy (non-hydrogen) atoms. The highest BCUT2D eigenvalue weighted by atomic mass is 16.5. The maximum absolute atomic E-state index is 12.3. The van der Waals surface area contributed by atoms with Gasteiger partial charge in [-0.3, -0.25) is 4.79 Å². The van der Waals surface area contributed by atoms with Gasteiger partial charge in [0.15, 0.2) is 0 Å². The van der Waals surface area contributed by atoms with Gasteiger partial charge in [-0.2, -0.15) is 0 Å². The maximum Gasteiger partial charge on any atom is 0.329 e. The highest BCUT2D eigenvalue weighted by molar-refractivity contribution is 5.88. The maximum atomic E-state index is 12.3. The largest absolute Gasteiger partial charge is 0.480 e. The van der Waals surface area contributed by atoms with Crippen molar-refractivity contribution in [1.29, 1.82) is 0 Å². The van der Waals surface area contributed by atoms with Gasteiger partial charge in [-0.25, -0.2) is 4.79 Å². The molecule has 0 aliphatic carbocycles. The van der Waals surface area contributed by atoms with Crippen LogP contribution in [0.15, 0.2) is 0 Å². The minimum atomic E-state index is -1.17. The molecule has 3 N–H and O–H groups in total. The summed E-state index contributed by atoms with van der Waals surface area (Å²) in [6.07, 6.45) is 0.730. The second kappa shape index (κ2) is 6.86. The molecule has 1 rings (SSSR count). The molecule has 110 valence electrons. The number of ether oxygens (including phenoxy) is 1. The predicted molar refractivity (Wildman–Crippen MR) is 70.9 cm³/mol. The Balaban J connectivity index is 2.74. The first-order valence-electron chi connectivity index (χ1n) is 6.87. The lowest BCUT2D eigenvalue weighted by atomic mass is 9.91. The first kappa shape index (κ1) is 15.9. The number of likely N-dealkylation sites (N-methyl/N-ethyl adjacent to an activating group) is 1. The van der Waals surface area contributed by atoms with Crippen LogP contribution in [0.25, 0.3) is 0 Å². The molecule has 0 radical (unpaired) electrons. The summed E-state index contributed by atoms with van der Waals surface area (Å²) in [5, 5.41) is 15.2. The van der Waals surface area contributed by atoms with Gasteiger partial charge in [-0.05, 0) is 19.4 Å². The summed E-state index contributed by atoms with van der Waals surface area (Å²) >= 11 is 0. The number of carboxylic acid groups (broad SMARTS) is 1. The predicted octanol–water partition coefficient (Wildman–Crippen LogP) is 0.371. The molecule has 0 aromatic heterocycles. The van der Waals surface area contributed by atoms with E-state index in [2.05, 4.69) is 10.6 Å². The van der Waals surface area contributed by atoms with Gasteiger partial charge >= 0.3 is 5.97 Å². The van der Waals surface area contributed by atoms with Crippen LogP contribution in [0.2, 0.25) is 0 Å². The van der Waals surface area contributed by atoms with E-state index in [-0.39, 0.29) is 17.9 Å². The van der Waals surface area contributed by atoms with Gasteiger partial charge in [0.05, 0.1) is 19.1 Å². The monoisotopic (exact) mass is 272 g/mol. The summed E-state index contributed by atoms with van der Waals surface area (Å²) in [6, 6.07) is -0.0368. The number of hydrogen-bond donors (Lipinski definition) is 3. The zero-order valence-corrected chi connectivity index (χ0v) is 11.9. The van der Waals surface area contributed by atoms with E-state index in [9.17, 15) is 14.7 Å². The van der Waals surface area contributed by atoms with Crippen molar-refractivity contribution < 1.29 is 19.4 Å². The van der Waals surface area contributed by atoms with E-state index < -0.39 is 11.5 Å². The van der Waals surface area contributed by atoms with E-state index in [1.54, 1.807) is 13.8 Å². The van der Waals surface area contributed by atoms with Crippen molar-refractivity contribution >= 4 is 11.9 Å². The van der Waals surface area contributed by atoms with Crippen LogP contribution in [0.5, 0.6) is 0 Å². The highest BCUT2D eigenvalue weighted by Crippen LogP contribution is 2.19. The van der Waals surface area contributed by atoms with Crippen LogP contribution in [-0.2, 0) is 14.3 Å². The Hall–Kier alpha value is -1.14. The molecular formula is C13H24N2O4. The number of carbonyl (C=O) groups is 2. The van der Waals surface area contributed by atoms with Crippen molar-refractivity contribution in [3.63, 3.8) is 0 Å². The fourth-order valence-corrected chi connectivity index (χ4v) is 2.39. The molecule has 2 unspecified atom stereocenters. The summed E-state index contributed by atoms with van der Waals surface area (Å²) in [6.45, 7) is 7.09. The number of aliphatic carboxylic acids is 1. The molecular weight excluding hydrogens is 248 g/mol. The van der Waals surface area contributed by atoms with Crippen molar-refractivity contribution in [2.75, 3.05) is 19.8 Å². The number of amides is 1. The molecule has 1 aliphatic heterocycles. The molecule has 1 fully saturated rings. The van der Waals surface area contributed by atoms with Gasteiger partial charge in [0, 0.05) is 6.04 Å². The lowest BCUT2D eigenvalue weighted by molar-refractivity contribution is -0.148. The second-order valence-electron chi connectivity index (χ2n) is 4.89. The van der Waals surface area contributed by atoms with Crippen LogP contribution in [0.1, 0.15) is 33.6 Å². The van der Waals surface area contributed by atoms with Crippen LogP contribution in [0.3, 0.4) is 0 Å². The van der Waals surface area contributed by atoms with Crippen LogP contribution >= 0.6 is 0 Å². The first-order valence-corrected chi connectivity index (χ1v) is 6.87. The van der Waals surface area contributed by atoms with Gasteiger partial charge in [-0.15, -0.1) is 0 Å². The van der Waals surface area contributed by atoms with Gasteiger partial charge in [-0.1, -0.05) is 20.8 Å². The third kappa shape index (κ3) is 3.45. The summed E-state index contributed by atoms with van der Waals surface area (Å²) in [5.74, 6) is -1.55. The summed E-state index contributed by atoms with van der Waals surface area (Å²) < 4.78 is 5.31. The molecule has 6 nitrogen and oxygen atoms in total. The molecule has 0 aromatic carbocycles. The number of nitrogens with one attached hydrogen (secondary N) is 2. The van der Waals surface area contributed by atoms with Gasteiger partial charge in [0.1, 0.15) is 5.54 Å². The zero-order chi connectivity index (χ0) is 14.5. The normalized spacial score (nSPS) is 23.3. The van der Waals surface area contributed by atoms with Crippen LogP contribution in [-0.4, -0.2) is 48.3 Å². The van der Waals surface area contributed by atoms with Crippen molar-refractivity contribution in [2.45, 2.75) is 45.2 Å². The van der Waals surface area contributed by atoms with Crippen molar-refractivity contribution in [2.24, 2.45) is 5.92 Å². The molecule has 1 saturated heterocycles. The number of hydrogen-bond acceptors (Lipinski definition) is 4. The highest BCUT2D eigenvalue weighted by Gasteiger charge is 2.41. The molecule has 0 saturated carbocycles. The van der Waals surface area contributed by atoms with Crippen molar-refractivity contribution in [3.8, 4) is 0 Å². The molecule has 1 aliphatic rings. The molecule has 6 heteroatoms. The molecule has 0 aromatic rings. The molecule has 2 atom stereocenters. The number of carbonyl (C=O) groups excluding carboxylic acids is 1. The van der Waals surface area contributed by atoms with E-state index >= 15 is 0 Å². The van der Waals surface area contributed by atoms with Gasteiger partial charge in [0.25, 0.3) is 0 Å². The fourth-order valence-electron chi connectivity index (χ4n) is 2.39. The lowest BCUT2D eigenvalue weighted by Gasteiger charge is -2.30. The Morgan fingerprint density at radius 1 is 1.26 bits per heavy atom. The second-order valence-corrected chi connectivity index (χ2v) is 4.89. The van der Waals surface area contributed by atoms with Crippen LogP contribution in [0.4, 0.5) is 0 Å². The van der Waals surface area contributed by atoms with Crippen molar-refractivity contribution in [1.82, 2.24) is 10.6 Å². The van der Waals surface area contributed by atoms with E-state index in [4.69, 9.17) is 4.74 Å². The molecule has 0 bridgehead atoms. The Bertz CT molecular complexity index is 329. The first-order chi connectivity index (χ1) is 9.00. The molecule has 1 heterocycles. The SMILES string of the molecule is CCNC1COCC1C(=O)NC(CC)(CC)C(=O)O. The minimum absolute atomic E-state index is 0.0368. The Morgan fingerprint density at radius 3 is 2.37 bits per heavy atom. The van der Waals surface area contributed by atoms with E-state index in [1.165, 1.54) is 0 Å². The van der Waals surface area contributed by atoms with Gasteiger partial charge in [0.2, 0.25) is 5.91 Å². The standard InChI is InChI=1S/C13H24N2O4/c1-4-13(5-2,12(17)18)15-11(16)9-7-19-8-10(9)14-6-3/h9-10,14H,4-8H2,1-3H3,(H,15,16)(H,17,18). The van der Waals surface area contributed by atoms with E-state index in [1.807, 2.05) is 6.92 Å². The molecule has 1 amide bonds. The average molecular weight is 272 g/mol. The Labute approximate surface area is 113 Å². The number of rotatable bonds is 7. The van der Waals surface area contributed by atoms with Gasteiger partial charge < -0.3 is 20.5 Å². The smallest absolute Gasteiger partial charge is 0.329 e.